The number of amides is 2. The van der Waals surface area contributed by atoms with E-state index in [0.717, 1.165) is 17.6 Å². The second-order valence-corrected chi connectivity index (χ2v) is 8.82. The number of anilines is 1. The number of alkyl halides is 3. The molecule has 0 atom stereocenters. The number of halogens is 3. The first-order valence-corrected chi connectivity index (χ1v) is 10.7. The molecule has 2 N–H and O–H groups in total. The summed E-state index contributed by atoms with van der Waals surface area (Å²) >= 11 is 0. The number of rotatable bonds is 7. The maximum absolute atomic E-state index is 12.6. The lowest BCUT2D eigenvalue weighted by atomic mass is 9.79. The highest BCUT2D eigenvalue weighted by molar-refractivity contribution is 6.62. The Balaban J connectivity index is 1.36. The Morgan fingerprint density at radius 3 is 2.09 bits per heavy atom. The van der Waals surface area contributed by atoms with Gasteiger partial charge in [0.05, 0.1) is 23.4 Å². The van der Waals surface area contributed by atoms with Crippen molar-refractivity contribution >= 4 is 24.3 Å². The maximum Gasteiger partial charge on any atom is 0.494 e. The van der Waals surface area contributed by atoms with Crippen LogP contribution in [0, 0.1) is 0 Å². The van der Waals surface area contributed by atoms with E-state index in [0.29, 0.717) is 25.3 Å². The fraction of sp³-hybridized carbons (Fsp3) is 0.435. The van der Waals surface area contributed by atoms with Crippen LogP contribution in [0.2, 0.25) is 0 Å². The molecule has 33 heavy (non-hydrogen) atoms. The molecule has 10 heteroatoms. The van der Waals surface area contributed by atoms with Crippen LogP contribution in [0.3, 0.4) is 0 Å². The Kier molecular flexibility index (Phi) is 7.28. The van der Waals surface area contributed by atoms with Gasteiger partial charge in [-0.2, -0.15) is 13.2 Å². The molecule has 1 aliphatic heterocycles. The fourth-order valence-electron chi connectivity index (χ4n) is 3.08. The lowest BCUT2D eigenvalue weighted by Crippen LogP contribution is -2.41. The van der Waals surface area contributed by atoms with Crippen LogP contribution in [0.1, 0.15) is 39.7 Å². The summed E-state index contributed by atoms with van der Waals surface area (Å²) in [6.07, 6.45) is -3.85. The third-order valence-electron chi connectivity index (χ3n) is 5.75. The van der Waals surface area contributed by atoms with E-state index in [1.54, 1.807) is 0 Å². The molecule has 178 valence electrons. The summed E-state index contributed by atoms with van der Waals surface area (Å²) in [6.45, 7) is 8.74. The predicted molar refractivity (Wildman–Crippen MR) is 121 cm³/mol. The van der Waals surface area contributed by atoms with Crippen LogP contribution in [-0.2, 0) is 15.5 Å². The van der Waals surface area contributed by atoms with E-state index in [4.69, 9.17) is 14.0 Å². The number of hydrogen-bond acceptors (Lipinski definition) is 4. The summed E-state index contributed by atoms with van der Waals surface area (Å²) in [5.74, 6) is 0.685. The normalized spacial score (nSPS) is 17.0. The number of urea groups is 1. The van der Waals surface area contributed by atoms with Gasteiger partial charge in [-0.05, 0) is 76.0 Å². The standard InChI is InChI=1S/C23H28BF3N2O4/c1-21(2)22(3,4)33-24(32-21)17-8-12-19(13-9-17)31-15-5-14-28-20(30)29-18-10-6-16(7-11-18)23(25,26)27/h6-13H,5,14-15H2,1-4H3,(H2,28,29,30). The van der Waals surface area contributed by atoms with Gasteiger partial charge in [0.1, 0.15) is 5.75 Å². The van der Waals surface area contributed by atoms with Crippen LogP contribution in [0.5, 0.6) is 5.75 Å². The van der Waals surface area contributed by atoms with Crippen molar-refractivity contribution < 1.29 is 32.0 Å². The zero-order valence-corrected chi connectivity index (χ0v) is 19.1. The summed E-state index contributed by atoms with van der Waals surface area (Å²) in [4.78, 5) is 11.9. The van der Waals surface area contributed by atoms with E-state index in [-0.39, 0.29) is 5.69 Å². The van der Waals surface area contributed by atoms with Crippen molar-refractivity contribution in [2.45, 2.75) is 51.5 Å². The minimum Gasteiger partial charge on any atom is -0.494 e. The Labute approximate surface area is 191 Å². The van der Waals surface area contributed by atoms with Crippen molar-refractivity contribution in [1.29, 1.82) is 0 Å². The molecule has 0 radical (unpaired) electrons. The third kappa shape index (κ3) is 6.42. The zero-order valence-electron chi connectivity index (χ0n) is 19.1. The number of nitrogens with one attached hydrogen (secondary N) is 2. The van der Waals surface area contributed by atoms with Crippen molar-refractivity contribution in [2.75, 3.05) is 18.5 Å². The fourth-order valence-corrected chi connectivity index (χ4v) is 3.08. The van der Waals surface area contributed by atoms with Crippen molar-refractivity contribution in [3.8, 4) is 5.75 Å². The van der Waals surface area contributed by atoms with E-state index >= 15 is 0 Å². The molecule has 0 aliphatic carbocycles. The summed E-state index contributed by atoms with van der Waals surface area (Å²) in [7, 11) is -0.434. The minimum absolute atomic E-state index is 0.277. The van der Waals surface area contributed by atoms with E-state index in [9.17, 15) is 18.0 Å². The van der Waals surface area contributed by atoms with Gasteiger partial charge >= 0.3 is 19.3 Å². The minimum atomic E-state index is -4.41. The van der Waals surface area contributed by atoms with Gasteiger partial charge in [0.15, 0.2) is 0 Å². The Morgan fingerprint density at radius 1 is 0.970 bits per heavy atom. The number of hydrogen-bond donors (Lipinski definition) is 2. The van der Waals surface area contributed by atoms with E-state index < -0.39 is 36.1 Å². The summed E-state index contributed by atoms with van der Waals surface area (Å²) < 4.78 is 55.5. The van der Waals surface area contributed by atoms with Crippen LogP contribution in [-0.4, -0.2) is 37.5 Å². The van der Waals surface area contributed by atoms with Crippen molar-refractivity contribution in [2.24, 2.45) is 0 Å². The first-order chi connectivity index (χ1) is 15.4. The molecule has 6 nitrogen and oxygen atoms in total. The van der Waals surface area contributed by atoms with Gasteiger partial charge in [-0.1, -0.05) is 12.1 Å². The van der Waals surface area contributed by atoms with Gasteiger partial charge in [0.25, 0.3) is 0 Å². The monoisotopic (exact) mass is 464 g/mol. The van der Waals surface area contributed by atoms with Crippen molar-refractivity contribution in [3.05, 3.63) is 54.1 Å². The molecule has 2 aromatic carbocycles. The first-order valence-electron chi connectivity index (χ1n) is 10.7. The quantitative estimate of drug-likeness (QED) is 0.465. The highest BCUT2D eigenvalue weighted by Gasteiger charge is 2.51. The molecule has 0 spiro atoms. The molecule has 1 heterocycles. The van der Waals surface area contributed by atoms with Crippen molar-refractivity contribution in [1.82, 2.24) is 5.32 Å². The molecule has 1 fully saturated rings. The largest absolute Gasteiger partial charge is 0.494 e. The van der Waals surface area contributed by atoms with Gasteiger partial charge < -0.3 is 24.7 Å². The topological polar surface area (TPSA) is 68.8 Å². The van der Waals surface area contributed by atoms with E-state index in [2.05, 4.69) is 10.6 Å². The lowest BCUT2D eigenvalue weighted by Gasteiger charge is -2.32. The molecule has 0 saturated carbocycles. The SMILES string of the molecule is CC1(C)OB(c2ccc(OCCCNC(=O)Nc3ccc(C(F)(F)F)cc3)cc2)OC1(C)C. The van der Waals surface area contributed by atoms with Crippen molar-refractivity contribution in [3.63, 3.8) is 0 Å². The smallest absolute Gasteiger partial charge is 0.494 e. The Morgan fingerprint density at radius 2 is 1.55 bits per heavy atom. The third-order valence-corrected chi connectivity index (χ3v) is 5.75. The molecular formula is C23H28BF3N2O4. The molecular weight excluding hydrogens is 436 g/mol. The second-order valence-electron chi connectivity index (χ2n) is 8.82. The second kappa shape index (κ2) is 9.65. The van der Waals surface area contributed by atoms with Crippen LogP contribution < -0.4 is 20.8 Å². The summed E-state index contributed by atoms with van der Waals surface area (Å²) in [5, 5.41) is 5.13. The predicted octanol–water partition coefficient (Wildman–Crippen LogP) is 4.60. The molecule has 1 aliphatic rings. The zero-order chi connectivity index (χ0) is 24.3. The van der Waals surface area contributed by atoms with Gasteiger partial charge in [-0.3, -0.25) is 0 Å². The van der Waals surface area contributed by atoms with Gasteiger partial charge in [-0.25, -0.2) is 4.79 Å². The highest BCUT2D eigenvalue weighted by Crippen LogP contribution is 2.36. The molecule has 0 aromatic heterocycles. The molecule has 3 rings (SSSR count). The number of ether oxygens (including phenoxy) is 1. The number of benzene rings is 2. The molecule has 2 amide bonds. The van der Waals surface area contributed by atoms with Gasteiger partial charge in [0, 0.05) is 12.2 Å². The summed E-state index contributed by atoms with van der Waals surface area (Å²) in [6, 6.07) is 11.2. The molecule has 1 saturated heterocycles. The van der Waals surface area contributed by atoms with E-state index in [1.807, 2.05) is 52.0 Å². The Bertz CT molecular complexity index is 932. The molecule has 0 bridgehead atoms. The van der Waals surface area contributed by atoms with Gasteiger partial charge in [0.2, 0.25) is 0 Å². The Hall–Kier alpha value is -2.72. The van der Waals surface area contributed by atoms with Crippen LogP contribution in [0.25, 0.3) is 0 Å². The van der Waals surface area contributed by atoms with E-state index in [1.165, 1.54) is 12.1 Å². The number of carbonyl (C=O) groups excluding carboxylic acids is 1. The summed E-state index contributed by atoms with van der Waals surface area (Å²) in [5.41, 5.74) is -0.395. The first kappa shape index (κ1) is 24.9. The van der Waals surface area contributed by atoms with Crippen LogP contribution in [0.15, 0.2) is 48.5 Å². The number of carbonyl (C=O) groups is 1. The molecule has 0 unspecified atom stereocenters. The maximum atomic E-state index is 12.6. The lowest BCUT2D eigenvalue weighted by molar-refractivity contribution is -0.137. The average Bonchev–Trinajstić information content (AvgIpc) is 2.95. The average molecular weight is 464 g/mol. The molecule has 2 aromatic rings. The van der Waals surface area contributed by atoms with Gasteiger partial charge in [-0.15, -0.1) is 0 Å². The highest BCUT2D eigenvalue weighted by atomic mass is 19.4. The van der Waals surface area contributed by atoms with Crippen LogP contribution in [0.4, 0.5) is 23.7 Å². The van der Waals surface area contributed by atoms with Crippen LogP contribution >= 0.6 is 0 Å².